The molecule has 1 fully saturated rings. The van der Waals surface area contributed by atoms with Gasteiger partial charge in [0.05, 0.1) is 23.1 Å². The topological polar surface area (TPSA) is 80.6 Å². The molecule has 10 heteroatoms. The fourth-order valence-corrected chi connectivity index (χ4v) is 6.25. The van der Waals surface area contributed by atoms with Gasteiger partial charge < -0.3 is 14.4 Å². The van der Waals surface area contributed by atoms with Gasteiger partial charge in [-0.15, -0.1) is 13.2 Å². The molecule has 3 aromatic carbocycles. The van der Waals surface area contributed by atoms with Crippen molar-refractivity contribution in [3.8, 4) is 5.75 Å². The van der Waals surface area contributed by atoms with Crippen molar-refractivity contribution in [2.45, 2.75) is 48.7 Å². The number of fused-ring (bicyclic) bond motifs is 3. The Bertz CT molecular complexity index is 1410. The smallest absolute Gasteiger partial charge is 0.406 e. The van der Waals surface area contributed by atoms with E-state index in [1.165, 1.54) is 0 Å². The van der Waals surface area contributed by atoms with Gasteiger partial charge in [0.25, 0.3) is 0 Å². The van der Waals surface area contributed by atoms with Gasteiger partial charge in [0.15, 0.2) is 0 Å². The number of nitrogens with zero attached hydrogens (tertiary/aromatic N) is 1. The third-order valence-corrected chi connectivity index (χ3v) is 7.95. The second-order valence-electron chi connectivity index (χ2n) is 8.64. The summed E-state index contributed by atoms with van der Waals surface area (Å²) in [6.07, 6.45) is -4.08. The zero-order valence-corrected chi connectivity index (χ0v) is 19.3. The summed E-state index contributed by atoms with van der Waals surface area (Å²) in [5.74, 6) is -0.513. The van der Waals surface area contributed by atoms with Crippen LogP contribution in [0, 0.1) is 0 Å². The van der Waals surface area contributed by atoms with E-state index in [1.54, 1.807) is 0 Å². The lowest BCUT2D eigenvalue weighted by atomic mass is 9.88. The molecule has 0 aliphatic heterocycles. The minimum absolute atomic E-state index is 0.210. The van der Waals surface area contributed by atoms with Crippen molar-refractivity contribution in [3.63, 3.8) is 0 Å². The van der Waals surface area contributed by atoms with E-state index in [1.807, 2.05) is 48.5 Å². The van der Waals surface area contributed by atoms with Crippen LogP contribution in [-0.4, -0.2) is 36.6 Å². The quantitative estimate of drug-likeness (QED) is 0.395. The number of halogens is 3. The lowest BCUT2D eigenvalue weighted by Gasteiger charge is -2.36. The Morgan fingerprint density at radius 3 is 2.03 bits per heavy atom. The first-order chi connectivity index (χ1) is 16.6. The Kier molecular flexibility index (Phi) is 5.98. The van der Waals surface area contributed by atoms with Gasteiger partial charge in [-0.25, -0.2) is 13.1 Å². The summed E-state index contributed by atoms with van der Waals surface area (Å²) in [5.41, 5.74) is 1.92. The molecule has 5 rings (SSSR count). The van der Waals surface area contributed by atoms with Gasteiger partial charge in [0.1, 0.15) is 5.75 Å². The van der Waals surface area contributed by atoms with Crippen LogP contribution in [0.1, 0.15) is 25.3 Å². The number of sulfonamides is 1. The van der Waals surface area contributed by atoms with Gasteiger partial charge in [-0.05, 0) is 55.7 Å². The summed E-state index contributed by atoms with van der Waals surface area (Å²) in [7, 11) is -4.09. The van der Waals surface area contributed by atoms with Crippen LogP contribution < -0.4 is 9.46 Å². The molecule has 1 aliphatic carbocycles. The van der Waals surface area contributed by atoms with Crippen LogP contribution in [0.4, 0.5) is 13.2 Å². The molecule has 0 amide bonds. The first-order valence-electron chi connectivity index (χ1n) is 11.2. The molecular weight excluding hydrogens is 481 g/mol. The minimum atomic E-state index is -4.87. The summed E-state index contributed by atoms with van der Waals surface area (Å²) >= 11 is 0. The van der Waals surface area contributed by atoms with Crippen molar-refractivity contribution in [2.75, 3.05) is 0 Å². The molecule has 0 saturated heterocycles. The van der Waals surface area contributed by atoms with Crippen LogP contribution in [0.2, 0.25) is 0 Å². The number of para-hydroxylation sites is 2. The maximum atomic E-state index is 13.0. The van der Waals surface area contributed by atoms with Crippen molar-refractivity contribution in [3.05, 3.63) is 72.8 Å². The van der Waals surface area contributed by atoms with Crippen LogP contribution in [0.25, 0.3) is 21.8 Å². The lowest BCUT2D eigenvalue weighted by Crippen LogP contribution is -2.49. The van der Waals surface area contributed by atoms with E-state index in [-0.39, 0.29) is 10.9 Å². The van der Waals surface area contributed by atoms with Crippen molar-refractivity contribution < 1.29 is 31.4 Å². The highest BCUT2D eigenvalue weighted by molar-refractivity contribution is 7.89. The molecule has 1 aliphatic rings. The highest BCUT2D eigenvalue weighted by atomic mass is 32.2. The van der Waals surface area contributed by atoms with E-state index in [4.69, 9.17) is 0 Å². The number of aliphatic hydroxyl groups is 1. The van der Waals surface area contributed by atoms with Crippen LogP contribution in [0.5, 0.6) is 5.75 Å². The van der Waals surface area contributed by atoms with Crippen LogP contribution >= 0.6 is 0 Å². The third kappa shape index (κ3) is 4.61. The van der Waals surface area contributed by atoms with Gasteiger partial charge >= 0.3 is 6.36 Å². The molecule has 35 heavy (non-hydrogen) atoms. The zero-order chi connectivity index (χ0) is 24.8. The first kappa shape index (κ1) is 23.7. The van der Waals surface area contributed by atoms with Gasteiger partial charge in [-0.3, -0.25) is 0 Å². The minimum Gasteiger partial charge on any atom is -0.406 e. The molecule has 0 bridgehead atoms. The number of benzene rings is 3. The molecule has 1 saturated carbocycles. The molecule has 1 aromatic heterocycles. The summed E-state index contributed by atoms with van der Waals surface area (Å²) in [6.45, 7) is 0. The van der Waals surface area contributed by atoms with Crippen molar-refractivity contribution in [2.24, 2.45) is 0 Å². The number of alkyl halides is 3. The number of aliphatic hydroxyl groups excluding tert-OH is 1. The van der Waals surface area contributed by atoms with Crippen LogP contribution in [0.3, 0.4) is 0 Å². The number of rotatable bonds is 5. The molecule has 1 heterocycles. The monoisotopic (exact) mass is 504 g/mol. The summed E-state index contributed by atoms with van der Waals surface area (Å²) in [4.78, 5) is -0.210. The molecule has 6 nitrogen and oxygen atoms in total. The fraction of sp³-hybridized carbons (Fsp3) is 0.280. The molecule has 3 atom stereocenters. The summed E-state index contributed by atoms with van der Waals surface area (Å²) in [6, 6.07) is 18.7. The first-order valence-corrected chi connectivity index (χ1v) is 12.7. The lowest BCUT2D eigenvalue weighted by molar-refractivity contribution is -0.274. The van der Waals surface area contributed by atoms with Gasteiger partial charge in [0, 0.05) is 21.8 Å². The SMILES string of the molecule is O=S(=O)(NC1CCCC(n2c3ccccc3c3ccccc32)C1O)c1ccc(OC(F)(F)F)cc1. The van der Waals surface area contributed by atoms with Crippen molar-refractivity contribution >= 4 is 31.8 Å². The van der Waals surface area contributed by atoms with Crippen molar-refractivity contribution in [1.82, 2.24) is 9.29 Å². The predicted octanol–water partition coefficient (Wildman–Crippen LogP) is 5.13. The fourth-order valence-electron chi connectivity index (χ4n) is 4.96. The van der Waals surface area contributed by atoms with E-state index in [2.05, 4.69) is 14.0 Å². The number of hydrogen-bond donors (Lipinski definition) is 2. The maximum absolute atomic E-state index is 13.0. The molecule has 0 radical (unpaired) electrons. The number of ether oxygens (including phenoxy) is 1. The van der Waals surface area contributed by atoms with E-state index < -0.39 is 34.3 Å². The average molecular weight is 505 g/mol. The standard InChI is InChI=1S/C25H23F3N2O4S/c26-25(27,28)34-16-12-14-17(15-13-16)35(32,33)29-20-8-5-11-23(24(20)31)30-21-9-3-1-6-18(21)19-7-2-4-10-22(19)30/h1-4,6-7,9-10,12-15,20,23-24,29,31H,5,8,11H2. The summed E-state index contributed by atoms with van der Waals surface area (Å²) < 4.78 is 71.6. The number of aromatic nitrogens is 1. The van der Waals surface area contributed by atoms with Gasteiger partial charge in [0.2, 0.25) is 10.0 Å². The van der Waals surface area contributed by atoms with E-state index in [9.17, 15) is 26.7 Å². The Morgan fingerprint density at radius 1 is 0.886 bits per heavy atom. The Hall–Kier alpha value is -3.08. The summed E-state index contributed by atoms with van der Waals surface area (Å²) in [5, 5.41) is 13.4. The highest BCUT2D eigenvalue weighted by Crippen LogP contribution is 2.38. The normalized spacial score (nSPS) is 21.4. The molecule has 2 N–H and O–H groups in total. The molecule has 4 aromatic rings. The van der Waals surface area contributed by atoms with Crippen molar-refractivity contribution in [1.29, 1.82) is 0 Å². The molecular formula is C25H23F3N2O4S. The van der Waals surface area contributed by atoms with Crippen LogP contribution in [-0.2, 0) is 10.0 Å². The van der Waals surface area contributed by atoms with E-state index in [0.717, 1.165) is 46.1 Å². The van der Waals surface area contributed by atoms with Gasteiger partial charge in [-0.2, -0.15) is 0 Å². The molecule has 0 spiro atoms. The van der Waals surface area contributed by atoms with Crippen LogP contribution in [0.15, 0.2) is 77.7 Å². The number of hydrogen-bond acceptors (Lipinski definition) is 4. The maximum Gasteiger partial charge on any atom is 0.573 e. The predicted molar refractivity (Wildman–Crippen MR) is 126 cm³/mol. The second kappa shape index (κ2) is 8.85. The molecule has 3 unspecified atom stereocenters. The Labute approximate surface area is 200 Å². The third-order valence-electron chi connectivity index (χ3n) is 6.44. The zero-order valence-electron chi connectivity index (χ0n) is 18.4. The Morgan fingerprint density at radius 2 is 1.46 bits per heavy atom. The number of nitrogens with one attached hydrogen (secondary N) is 1. The van der Waals surface area contributed by atoms with E-state index >= 15 is 0 Å². The Balaban J connectivity index is 1.42. The van der Waals surface area contributed by atoms with Gasteiger partial charge in [-0.1, -0.05) is 36.4 Å². The largest absolute Gasteiger partial charge is 0.573 e. The highest BCUT2D eigenvalue weighted by Gasteiger charge is 2.37. The van der Waals surface area contributed by atoms with E-state index in [0.29, 0.717) is 19.3 Å². The second-order valence-corrected chi connectivity index (χ2v) is 10.4. The molecule has 184 valence electrons. The average Bonchev–Trinajstić information content (AvgIpc) is 3.14.